The van der Waals surface area contributed by atoms with Gasteiger partial charge in [-0.3, -0.25) is 9.59 Å². The molecule has 0 saturated carbocycles. The molecular formula is C81H157NO5. The summed E-state index contributed by atoms with van der Waals surface area (Å²) in [7, 11) is 0. The number of unbranched alkanes of at least 4 members (excludes halogenated alkanes) is 63. The average molecular weight is 1230 g/mol. The lowest BCUT2D eigenvalue weighted by Crippen LogP contribution is -2.45. The van der Waals surface area contributed by atoms with Gasteiger partial charge in [0.1, 0.15) is 0 Å². The van der Waals surface area contributed by atoms with Crippen LogP contribution in [0, 0.1) is 0 Å². The van der Waals surface area contributed by atoms with Crippen molar-refractivity contribution in [3.05, 3.63) is 24.3 Å². The first-order valence-corrected chi connectivity index (χ1v) is 40.1. The third-order valence-corrected chi connectivity index (χ3v) is 19.0. The van der Waals surface area contributed by atoms with Gasteiger partial charge in [-0.25, -0.2) is 0 Å². The van der Waals surface area contributed by atoms with Crippen molar-refractivity contribution in [3.8, 4) is 0 Å². The lowest BCUT2D eigenvalue weighted by atomic mass is 10.0. The van der Waals surface area contributed by atoms with Gasteiger partial charge in [0.25, 0.3) is 0 Å². The third kappa shape index (κ3) is 73.3. The highest BCUT2D eigenvalue weighted by Gasteiger charge is 2.18. The summed E-state index contributed by atoms with van der Waals surface area (Å²) in [4.78, 5) is 24.6. The van der Waals surface area contributed by atoms with Crippen LogP contribution in [0.2, 0.25) is 0 Å². The summed E-state index contributed by atoms with van der Waals surface area (Å²) < 4.78 is 5.51. The highest BCUT2D eigenvalue weighted by atomic mass is 16.5. The second-order valence-corrected chi connectivity index (χ2v) is 27.8. The molecule has 0 aliphatic rings. The fourth-order valence-electron chi connectivity index (χ4n) is 12.9. The maximum absolute atomic E-state index is 12.5. The number of hydrogen-bond acceptors (Lipinski definition) is 5. The summed E-state index contributed by atoms with van der Waals surface area (Å²) >= 11 is 0. The Bertz CT molecular complexity index is 1360. The van der Waals surface area contributed by atoms with E-state index in [0.717, 1.165) is 38.5 Å². The number of aliphatic hydroxyl groups is 2. The zero-order valence-corrected chi connectivity index (χ0v) is 59.3. The van der Waals surface area contributed by atoms with Crippen molar-refractivity contribution < 1.29 is 24.5 Å². The lowest BCUT2D eigenvalue weighted by molar-refractivity contribution is -0.143. The van der Waals surface area contributed by atoms with E-state index in [4.69, 9.17) is 4.74 Å². The van der Waals surface area contributed by atoms with E-state index in [1.54, 1.807) is 6.08 Å². The van der Waals surface area contributed by atoms with Crippen LogP contribution in [0.25, 0.3) is 0 Å². The summed E-state index contributed by atoms with van der Waals surface area (Å²) in [6.45, 7) is 4.96. The van der Waals surface area contributed by atoms with Crippen molar-refractivity contribution >= 4 is 11.9 Å². The summed E-state index contributed by atoms with van der Waals surface area (Å²) in [5.74, 6) is -0.0378. The Hall–Kier alpha value is -1.66. The van der Waals surface area contributed by atoms with Crippen LogP contribution >= 0.6 is 0 Å². The van der Waals surface area contributed by atoms with Gasteiger partial charge in [-0.05, 0) is 57.8 Å². The zero-order valence-electron chi connectivity index (χ0n) is 59.3. The number of carbonyl (C=O) groups excluding carboxylic acids is 2. The number of ether oxygens (including phenoxy) is 1. The molecule has 87 heavy (non-hydrogen) atoms. The molecule has 516 valence electrons. The average Bonchev–Trinajstić information content (AvgIpc) is 3.56. The molecule has 0 radical (unpaired) electrons. The molecule has 1 amide bonds. The minimum absolute atomic E-state index is 0.0225. The number of amides is 1. The Morgan fingerprint density at radius 2 is 0.540 bits per heavy atom. The Labute approximate surface area is 545 Å². The number of allylic oxidation sites excluding steroid dienone is 3. The van der Waals surface area contributed by atoms with Crippen LogP contribution in [0.1, 0.15) is 457 Å². The Balaban J connectivity index is 3.37. The summed E-state index contributed by atoms with van der Waals surface area (Å²) in [5, 5.41) is 23.3. The van der Waals surface area contributed by atoms with Crippen molar-refractivity contribution in [3.63, 3.8) is 0 Å². The molecule has 0 aromatic carbocycles. The monoisotopic (exact) mass is 1220 g/mol. The predicted molar refractivity (Wildman–Crippen MR) is 384 cm³/mol. The first-order chi connectivity index (χ1) is 43.0. The Morgan fingerprint density at radius 3 is 0.816 bits per heavy atom. The van der Waals surface area contributed by atoms with E-state index in [0.29, 0.717) is 19.4 Å². The molecule has 0 heterocycles. The molecule has 0 spiro atoms. The molecule has 6 heteroatoms. The van der Waals surface area contributed by atoms with Crippen molar-refractivity contribution in [2.75, 3.05) is 13.2 Å². The van der Waals surface area contributed by atoms with E-state index in [1.807, 2.05) is 6.08 Å². The first kappa shape index (κ1) is 85.3. The van der Waals surface area contributed by atoms with Gasteiger partial charge in [0.15, 0.2) is 0 Å². The second-order valence-electron chi connectivity index (χ2n) is 27.8. The smallest absolute Gasteiger partial charge is 0.305 e. The SMILES string of the molecule is CCCCCCCCCCCCCCCCCCCCCC/C=C/C(O)C(CO)NC(=O)CCCCCCCCCCCCCCCCCC/C=C\CCCCCCCCCCCCCCOC(=O)CCCCCCCCCCCCCCCCCC. The molecule has 3 N–H and O–H groups in total. The highest BCUT2D eigenvalue weighted by Crippen LogP contribution is 2.20. The molecule has 0 bridgehead atoms. The first-order valence-electron chi connectivity index (χ1n) is 40.1. The van der Waals surface area contributed by atoms with E-state index in [2.05, 4.69) is 31.3 Å². The number of nitrogens with one attached hydrogen (secondary N) is 1. The quantitative estimate of drug-likeness (QED) is 0.0320. The van der Waals surface area contributed by atoms with Gasteiger partial charge in [0.2, 0.25) is 5.91 Å². The highest BCUT2D eigenvalue weighted by molar-refractivity contribution is 5.76. The molecule has 0 aromatic rings. The Kier molecular flexibility index (Phi) is 75.3. The summed E-state index contributed by atoms with van der Waals surface area (Å²) in [6, 6.07) is -0.627. The number of aliphatic hydroxyl groups excluding tert-OH is 2. The van der Waals surface area contributed by atoms with Crippen LogP contribution in [-0.2, 0) is 14.3 Å². The van der Waals surface area contributed by atoms with Crippen LogP contribution < -0.4 is 5.32 Å². The molecule has 0 fully saturated rings. The largest absolute Gasteiger partial charge is 0.466 e. The molecule has 2 unspecified atom stereocenters. The minimum atomic E-state index is -0.844. The molecule has 0 aliphatic heterocycles. The fraction of sp³-hybridized carbons (Fsp3) is 0.926. The van der Waals surface area contributed by atoms with E-state index < -0.39 is 12.1 Å². The van der Waals surface area contributed by atoms with Crippen LogP contribution in [0.4, 0.5) is 0 Å². The minimum Gasteiger partial charge on any atom is -0.466 e. The van der Waals surface area contributed by atoms with Crippen molar-refractivity contribution in [1.29, 1.82) is 0 Å². The standard InChI is InChI=1S/C81H157NO5/c1-3-5-7-9-11-13-15-17-19-21-22-23-36-39-42-45-49-53-57-61-65-69-73-79(84)78(77-83)82-80(85)74-70-66-62-58-54-50-46-43-40-37-34-32-30-28-26-24-25-27-29-31-33-35-38-41-44-48-52-56-60-64-68-72-76-87-81(86)75-71-67-63-59-55-51-47-20-18-16-14-12-10-8-6-4-2/h27,29,69,73,78-79,83-84H,3-26,28,30-68,70-72,74-77H2,1-2H3,(H,82,85)/b29-27-,73-69+. The third-order valence-electron chi connectivity index (χ3n) is 19.0. The van der Waals surface area contributed by atoms with Crippen molar-refractivity contribution in [2.24, 2.45) is 0 Å². The van der Waals surface area contributed by atoms with Crippen LogP contribution in [0.5, 0.6) is 0 Å². The fourth-order valence-corrected chi connectivity index (χ4v) is 12.9. The van der Waals surface area contributed by atoms with Crippen LogP contribution in [0.15, 0.2) is 24.3 Å². The van der Waals surface area contributed by atoms with Gasteiger partial charge < -0.3 is 20.3 Å². The molecule has 2 atom stereocenters. The van der Waals surface area contributed by atoms with E-state index in [-0.39, 0.29) is 18.5 Å². The van der Waals surface area contributed by atoms with Gasteiger partial charge in [-0.15, -0.1) is 0 Å². The molecule has 6 nitrogen and oxygen atoms in total. The summed E-state index contributed by atoms with van der Waals surface area (Å²) in [6.07, 6.45) is 98.7. The van der Waals surface area contributed by atoms with E-state index in [1.165, 1.54) is 392 Å². The topological polar surface area (TPSA) is 95.9 Å². The van der Waals surface area contributed by atoms with E-state index >= 15 is 0 Å². The summed E-state index contributed by atoms with van der Waals surface area (Å²) in [5.41, 5.74) is 0. The van der Waals surface area contributed by atoms with E-state index in [9.17, 15) is 19.8 Å². The zero-order chi connectivity index (χ0) is 62.8. The lowest BCUT2D eigenvalue weighted by Gasteiger charge is -2.20. The normalized spacial score (nSPS) is 12.6. The van der Waals surface area contributed by atoms with Crippen molar-refractivity contribution in [1.82, 2.24) is 5.32 Å². The molecule has 0 rings (SSSR count). The molecule has 0 saturated heterocycles. The van der Waals surface area contributed by atoms with Crippen LogP contribution in [0.3, 0.4) is 0 Å². The molecule has 0 aromatic heterocycles. The van der Waals surface area contributed by atoms with Gasteiger partial charge in [0, 0.05) is 12.8 Å². The van der Waals surface area contributed by atoms with Crippen molar-refractivity contribution in [2.45, 2.75) is 469 Å². The van der Waals surface area contributed by atoms with Crippen LogP contribution in [-0.4, -0.2) is 47.4 Å². The second kappa shape index (κ2) is 76.8. The predicted octanol–water partition coefficient (Wildman–Crippen LogP) is 26.4. The maximum atomic E-state index is 12.5. The maximum Gasteiger partial charge on any atom is 0.305 e. The number of hydrogen-bond donors (Lipinski definition) is 3. The molecular weight excluding hydrogens is 1070 g/mol. The number of esters is 1. The number of rotatable bonds is 76. The number of carbonyl (C=O) groups is 2. The van der Waals surface area contributed by atoms with Gasteiger partial charge in [-0.2, -0.15) is 0 Å². The van der Waals surface area contributed by atoms with Gasteiger partial charge >= 0.3 is 5.97 Å². The Morgan fingerprint density at radius 1 is 0.310 bits per heavy atom. The van der Waals surface area contributed by atoms with Gasteiger partial charge in [-0.1, -0.05) is 411 Å². The molecule has 0 aliphatic carbocycles. The van der Waals surface area contributed by atoms with Gasteiger partial charge in [0.05, 0.1) is 25.4 Å².